The van der Waals surface area contributed by atoms with Crippen molar-refractivity contribution in [3.8, 4) is 11.5 Å². The summed E-state index contributed by atoms with van der Waals surface area (Å²) < 4.78 is 11.4. The number of aryl methyl sites for hydroxylation is 2. The second-order valence-corrected chi connectivity index (χ2v) is 8.73. The summed E-state index contributed by atoms with van der Waals surface area (Å²) in [6.07, 6.45) is 3.10. The van der Waals surface area contributed by atoms with Gasteiger partial charge < -0.3 is 14.6 Å². The zero-order valence-corrected chi connectivity index (χ0v) is 18.0. The number of carboxylic acids is 1. The highest BCUT2D eigenvalue weighted by Gasteiger charge is 2.45. The van der Waals surface area contributed by atoms with Gasteiger partial charge in [0.15, 0.2) is 11.5 Å². The van der Waals surface area contributed by atoms with Gasteiger partial charge in [-0.25, -0.2) is 0 Å². The normalized spacial score (nSPS) is 20.8. The number of ether oxygens (including phenoxy) is 2. The van der Waals surface area contributed by atoms with Crippen LogP contribution < -0.4 is 14.4 Å². The lowest BCUT2D eigenvalue weighted by Crippen LogP contribution is -2.45. The van der Waals surface area contributed by atoms with E-state index in [9.17, 15) is 14.7 Å². The molecule has 0 bridgehead atoms. The molecule has 0 aromatic heterocycles. The smallest absolute Gasteiger partial charge is 0.313 e. The van der Waals surface area contributed by atoms with Gasteiger partial charge in [-0.2, -0.15) is 0 Å². The Morgan fingerprint density at radius 2 is 1.70 bits per heavy atom. The number of amides is 1. The Balaban J connectivity index is 1.56. The number of carboxylic acid groups (broad SMARTS) is 1. The van der Waals surface area contributed by atoms with Crippen LogP contribution in [0, 0.1) is 0 Å². The first-order valence-electron chi connectivity index (χ1n) is 11.3. The number of benzene rings is 3. The average Bonchev–Trinajstić information content (AvgIpc) is 3.31. The third-order valence-electron chi connectivity index (χ3n) is 6.87. The third kappa shape index (κ3) is 3.17. The molecule has 166 valence electrons. The van der Waals surface area contributed by atoms with E-state index in [4.69, 9.17) is 9.47 Å². The van der Waals surface area contributed by atoms with Gasteiger partial charge in [0.05, 0.1) is 6.04 Å². The molecule has 1 N–H and O–H groups in total. The summed E-state index contributed by atoms with van der Waals surface area (Å²) in [6, 6.07) is 17.8. The lowest BCUT2D eigenvalue weighted by atomic mass is 9.79. The van der Waals surface area contributed by atoms with Crippen LogP contribution in [0.4, 0.5) is 5.69 Å². The summed E-state index contributed by atoms with van der Waals surface area (Å²) in [5.41, 5.74) is 4.92. The topological polar surface area (TPSA) is 76.1 Å². The Morgan fingerprint density at radius 3 is 2.55 bits per heavy atom. The highest BCUT2D eigenvalue weighted by Crippen LogP contribution is 2.47. The second kappa shape index (κ2) is 7.66. The SMILES string of the molecule is O=C(O)[C@H]1c2ccccc2C(=O)N(c2ccc3c(c2)CCC3)[C@@H]1c1ccc2c(c1)OCCO2. The van der Waals surface area contributed by atoms with E-state index in [1.54, 1.807) is 35.2 Å². The van der Waals surface area contributed by atoms with E-state index in [-0.39, 0.29) is 5.91 Å². The van der Waals surface area contributed by atoms with Gasteiger partial charge in [-0.15, -0.1) is 0 Å². The predicted octanol–water partition coefficient (Wildman–Crippen LogP) is 4.52. The van der Waals surface area contributed by atoms with Crippen molar-refractivity contribution in [2.24, 2.45) is 0 Å². The van der Waals surface area contributed by atoms with Crippen molar-refractivity contribution in [3.05, 3.63) is 88.5 Å². The quantitative estimate of drug-likeness (QED) is 0.647. The van der Waals surface area contributed by atoms with Gasteiger partial charge in [-0.3, -0.25) is 14.5 Å². The molecule has 0 radical (unpaired) electrons. The molecule has 3 aromatic carbocycles. The van der Waals surface area contributed by atoms with Gasteiger partial charge >= 0.3 is 5.97 Å². The molecule has 0 saturated carbocycles. The minimum atomic E-state index is -0.971. The molecule has 3 aliphatic rings. The molecule has 6 heteroatoms. The summed E-state index contributed by atoms with van der Waals surface area (Å²) in [7, 11) is 0. The van der Waals surface area contributed by atoms with E-state index < -0.39 is 17.9 Å². The summed E-state index contributed by atoms with van der Waals surface area (Å²) >= 11 is 0. The predicted molar refractivity (Wildman–Crippen MR) is 122 cm³/mol. The number of nitrogens with zero attached hydrogens (tertiary/aromatic N) is 1. The van der Waals surface area contributed by atoms with E-state index in [0.29, 0.717) is 41.4 Å². The van der Waals surface area contributed by atoms with E-state index in [1.165, 1.54) is 11.1 Å². The summed E-state index contributed by atoms with van der Waals surface area (Å²) in [4.78, 5) is 28.2. The Labute approximate surface area is 191 Å². The zero-order chi connectivity index (χ0) is 22.5. The molecule has 33 heavy (non-hydrogen) atoms. The van der Waals surface area contributed by atoms with Gasteiger partial charge in [0, 0.05) is 11.3 Å². The first-order chi connectivity index (χ1) is 16.1. The lowest BCUT2D eigenvalue weighted by Gasteiger charge is -2.41. The number of fused-ring (bicyclic) bond motifs is 3. The van der Waals surface area contributed by atoms with Crippen LogP contribution in [0.1, 0.15) is 51.0 Å². The summed E-state index contributed by atoms with van der Waals surface area (Å²) in [5.74, 6) is -0.886. The molecule has 2 atom stereocenters. The summed E-state index contributed by atoms with van der Waals surface area (Å²) in [5, 5.41) is 10.4. The fraction of sp³-hybridized carbons (Fsp3) is 0.259. The molecule has 3 aromatic rings. The third-order valence-corrected chi connectivity index (χ3v) is 6.87. The Kier molecular flexibility index (Phi) is 4.61. The number of aliphatic carboxylic acids is 1. The number of carbonyl (C=O) groups is 2. The van der Waals surface area contributed by atoms with Crippen LogP contribution in [-0.4, -0.2) is 30.2 Å². The maximum atomic E-state index is 13.8. The fourth-order valence-corrected chi connectivity index (χ4v) is 5.38. The standard InChI is InChI=1S/C27H23NO5/c29-26-21-7-2-1-6-20(21)24(27(30)31)25(18-9-11-22-23(15-18)33-13-12-32-22)28(26)19-10-8-16-4-3-5-17(16)14-19/h1-2,6-11,14-15,24-25H,3-5,12-13H2,(H,30,31)/t24-,25+/m0/s1. The number of hydrogen-bond donors (Lipinski definition) is 1. The molecule has 1 aliphatic carbocycles. The Bertz CT molecular complexity index is 1280. The maximum Gasteiger partial charge on any atom is 0.313 e. The zero-order valence-electron chi connectivity index (χ0n) is 18.0. The molecule has 0 saturated heterocycles. The number of carbonyl (C=O) groups excluding carboxylic acids is 1. The number of hydrogen-bond acceptors (Lipinski definition) is 4. The Hall–Kier alpha value is -3.80. The van der Waals surface area contributed by atoms with Crippen LogP contribution in [0.2, 0.25) is 0 Å². The van der Waals surface area contributed by atoms with E-state index in [0.717, 1.165) is 24.9 Å². The largest absolute Gasteiger partial charge is 0.486 e. The van der Waals surface area contributed by atoms with Crippen LogP contribution >= 0.6 is 0 Å². The molecule has 0 fully saturated rings. The monoisotopic (exact) mass is 441 g/mol. The lowest BCUT2D eigenvalue weighted by molar-refractivity contribution is -0.139. The van der Waals surface area contributed by atoms with Crippen molar-refractivity contribution < 1.29 is 24.2 Å². The molecule has 2 heterocycles. The van der Waals surface area contributed by atoms with Crippen molar-refractivity contribution in [2.45, 2.75) is 31.2 Å². The first-order valence-corrected chi connectivity index (χ1v) is 11.3. The molecular formula is C27H23NO5. The second-order valence-electron chi connectivity index (χ2n) is 8.73. The summed E-state index contributed by atoms with van der Waals surface area (Å²) in [6.45, 7) is 0.903. The minimum absolute atomic E-state index is 0.194. The van der Waals surface area contributed by atoms with Crippen molar-refractivity contribution in [2.75, 3.05) is 18.1 Å². The van der Waals surface area contributed by atoms with Gasteiger partial charge in [-0.1, -0.05) is 30.3 Å². The van der Waals surface area contributed by atoms with Gasteiger partial charge in [0.2, 0.25) is 0 Å². The first kappa shape index (κ1) is 19.9. The highest BCUT2D eigenvalue weighted by molar-refractivity contribution is 6.11. The van der Waals surface area contributed by atoms with Crippen LogP contribution in [0.15, 0.2) is 60.7 Å². The molecule has 1 amide bonds. The van der Waals surface area contributed by atoms with Crippen LogP contribution in [0.25, 0.3) is 0 Å². The fourth-order valence-electron chi connectivity index (χ4n) is 5.38. The molecule has 0 unspecified atom stereocenters. The highest BCUT2D eigenvalue weighted by atomic mass is 16.6. The maximum absolute atomic E-state index is 13.8. The van der Waals surface area contributed by atoms with Gasteiger partial charge in [0.25, 0.3) is 5.91 Å². The van der Waals surface area contributed by atoms with E-state index >= 15 is 0 Å². The van der Waals surface area contributed by atoms with Crippen LogP contribution in [-0.2, 0) is 17.6 Å². The number of rotatable bonds is 3. The average molecular weight is 441 g/mol. The van der Waals surface area contributed by atoms with Gasteiger partial charge in [0.1, 0.15) is 19.1 Å². The van der Waals surface area contributed by atoms with E-state index in [1.807, 2.05) is 18.2 Å². The van der Waals surface area contributed by atoms with Crippen LogP contribution in [0.3, 0.4) is 0 Å². The van der Waals surface area contributed by atoms with Crippen molar-refractivity contribution in [1.82, 2.24) is 0 Å². The van der Waals surface area contributed by atoms with Crippen LogP contribution in [0.5, 0.6) is 11.5 Å². The molecule has 2 aliphatic heterocycles. The molecule has 6 rings (SSSR count). The van der Waals surface area contributed by atoms with Gasteiger partial charge in [-0.05, 0) is 71.8 Å². The molecule has 0 spiro atoms. The minimum Gasteiger partial charge on any atom is -0.486 e. The van der Waals surface area contributed by atoms with Crippen molar-refractivity contribution in [1.29, 1.82) is 0 Å². The van der Waals surface area contributed by atoms with Crippen molar-refractivity contribution in [3.63, 3.8) is 0 Å². The van der Waals surface area contributed by atoms with E-state index in [2.05, 4.69) is 12.1 Å². The number of anilines is 1. The Morgan fingerprint density at radius 1 is 0.909 bits per heavy atom. The molecule has 6 nitrogen and oxygen atoms in total. The molecular weight excluding hydrogens is 418 g/mol. The van der Waals surface area contributed by atoms with Crippen molar-refractivity contribution >= 4 is 17.6 Å².